The van der Waals surface area contributed by atoms with Gasteiger partial charge < -0.3 is 0 Å². The Morgan fingerprint density at radius 2 is 1.81 bits per heavy atom. The van der Waals surface area contributed by atoms with Crippen molar-refractivity contribution in [2.75, 3.05) is 13.1 Å². The molecule has 4 heteroatoms. The summed E-state index contributed by atoms with van der Waals surface area (Å²) in [6, 6.07) is 8.20. The number of Topliss-reactive ketones (excluding diaryl/α,β-unsaturated/α-hetero) is 1. The Morgan fingerprint density at radius 1 is 1.05 bits per heavy atom. The van der Waals surface area contributed by atoms with E-state index >= 15 is 0 Å². The SMILES string of the molecule is O=C1CCN(Cc2ncccc2Cc2ccncc2)CC1. The second-order valence-corrected chi connectivity index (χ2v) is 5.46. The molecule has 21 heavy (non-hydrogen) atoms. The van der Waals surface area contributed by atoms with Crippen LogP contribution in [0.4, 0.5) is 0 Å². The van der Waals surface area contributed by atoms with Crippen LogP contribution < -0.4 is 0 Å². The summed E-state index contributed by atoms with van der Waals surface area (Å²) >= 11 is 0. The topological polar surface area (TPSA) is 46.1 Å². The summed E-state index contributed by atoms with van der Waals surface area (Å²) in [6.07, 6.45) is 7.71. The molecule has 0 unspecified atom stereocenters. The molecule has 0 aromatic carbocycles. The second-order valence-electron chi connectivity index (χ2n) is 5.46. The molecule has 1 aliphatic rings. The largest absolute Gasteiger partial charge is 0.300 e. The van der Waals surface area contributed by atoms with Gasteiger partial charge in [0.15, 0.2) is 0 Å². The van der Waals surface area contributed by atoms with Crippen molar-refractivity contribution >= 4 is 5.78 Å². The lowest BCUT2D eigenvalue weighted by atomic mass is 10.0. The molecule has 0 N–H and O–H groups in total. The number of pyridine rings is 2. The van der Waals surface area contributed by atoms with Crippen LogP contribution in [0.15, 0.2) is 42.9 Å². The van der Waals surface area contributed by atoms with Crippen LogP contribution in [0.2, 0.25) is 0 Å². The molecular weight excluding hydrogens is 262 g/mol. The third-order valence-corrected chi connectivity index (χ3v) is 3.92. The zero-order chi connectivity index (χ0) is 14.5. The minimum atomic E-state index is 0.379. The number of ketones is 1. The maximum Gasteiger partial charge on any atom is 0.135 e. The number of hydrogen-bond acceptors (Lipinski definition) is 4. The molecule has 1 aliphatic heterocycles. The first-order valence-corrected chi connectivity index (χ1v) is 7.37. The molecule has 2 aromatic heterocycles. The van der Waals surface area contributed by atoms with Crippen LogP contribution in [-0.2, 0) is 17.8 Å². The van der Waals surface area contributed by atoms with E-state index in [1.807, 2.05) is 36.8 Å². The van der Waals surface area contributed by atoms with E-state index in [1.54, 1.807) is 0 Å². The molecule has 4 nitrogen and oxygen atoms in total. The molecule has 0 saturated carbocycles. The summed E-state index contributed by atoms with van der Waals surface area (Å²) < 4.78 is 0. The Balaban J connectivity index is 1.72. The molecule has 0 atom stereocenters. The van der Waals surface area contributed by atoms with Crippen molar-refractivity contribution in [3.63, 3.8) is 0 Å². The molecular formula is C17H19N3O. The van der Waals surface area contributed by atoms with Gasteiger partial charge in [-0.1, -0.05) is 6.07 Å². The minimum Gasteiger partial charge on any atom is -0.300 e. The van der Waals surface area contributed by atoms with Crippen molar-refractivity contribution in [1.82, 2.24) is 14.9 Å². The van der Waals surface area contributed by atoms with Gasteiger partial charge in [-0.05, 0) is 35.7 Å². The fourth-order valence-electron chi connectivity index (χ4n) is 2.67. The highest BCUT2D eigenvalue weighted by molar-refractivity contribution is 5.79. The Bertz CT molecular complexity index is 602. The third kappa shape index (κ3) is 3.73. The predicted molar refractivity (Wildman–Crippen MR) is 80.8 cm³/mol. The summed E-state index contributed by atoms with van der Waals surface area (Å²) in [5, 5.41) is 0. The second kappa shape index (κ2) is 6.59. The summed E-state index contributed by atoms with van der Waals surface area (Å²) in [6.45, 7) is 2.53. The number of nitrogens with zero attached hydrogens (tertiary/aromatic N) is 3. The summed E-state index contributed by atoms with van der Waals surface area (Å²) in [5.41, 5.74) is 3.61. The van der Waals surface area contributed by atoms with Crippen molar-refractivity contribution in [2.24, 2.45) is 0 Å². The van der Waals surface area contributed by atoms with Gasteiger partial charge in [0.2, 0.25) is 0 Å². The first kappa shape index (κ1) is 13.9. The van der Waals surface area contributed by atoms with Crippen LogP contribution in [0.3, 0.4) is 0 Å². The van der Waals surface area contributed by atoms with E-state index in [-0.39, 0.29) is 0 Å². The van der Waals surface area contributed by atoms with Crippen molar-refractivity contribution in [3.05, 3.63) is 59.7 Å². The van der Waals surface area contributed by atoms with Crippen molar-refractivity contribution in [2.45, 2.75) is 25.8 Å². The molecule has 0 bridgehead atoms. The molecule has 3 heterocycles. The molecule has 1 saturated heterocycles. The highest BCUT2D eigenvalue weighted by Crippen LogP contribution is 2.16. The highest BCUT2D eigenvalue weighted by Gasteiger charge is 2.17. The number of hydrogen-bond donors (Lipinski definition) is 0. The van der Waals surface area contributed by atoms with E-state index in [0.717, 1.165) is 31.7 Å². The maximum absolute atomic E-state index is 11.3. The number of likely N-dealkylation sites (tertiary alicyclic amines) is 1. The van der Waals surface area contributed by atoms with E-state index in [2.05, 4.69) is 20.9 Å². The smallest absolute Gasteiger partial charge is 0.135 e. The Morgan fingerprint density at radius 3 is 2.57 bits per heavy atom. The Labute approximate surface area is 124 Å². The highest BCUT2D eigenvalue weighted by atomic mass is 16.1. The van der Waals surface area contributed by atoms with E-state index in [1.165, 1.54) is 11.1 Å². The fraction of sp³-hybridized carbons (Fsp3) is 0.353. The lowest BCUT2D eigenvalue weighted by molar-refractivity contribution is -0.121. The van der Waals surface area contributed by atoms with Crippen LogP contribution in [-0.4, -0.2) is 33.7 Å². The first-order valence-electron chi connectivity index (χ1n) is 7.37. The quantitative estimate of drug-likeness (QED) is 0.862. The molecule has 0 aliphatic carbocycles. The molecule has 2 aromatic rings. The maximum atomic E-state index is 11.3. The summed E-state index contributed by atoms with van der Waals surface area (Å²) in [5.74, 6) is 0.379. The van der Waals surface area contributed by atoms with E-state index in [9.17, 15) is 4.79 Å². The van der Waals surface area contributed by atoms with Crippen LogP contribution >= 0.6 is 0 Å². The van der Waals surface area contributed by atoms with Gasteiger partial charge in [0.05, 0.1) is 5.69 Å². The van der Waals surface area contributed by atoms with Crippen LogP contribution in [0, 0.1) is 0 Å². The number of piperidine rings is 1. The van der Waals surface area contributed by atoms with E-state index in [4.69, 9.17) is 0 Å². The molecule has 3 rings (SSSR count). The Hall–Kier alpha value is -2.07. The molecule has 1 fully saturated rings. The fourth-order valence-corrected chi connectivity index (χ4v) is 2.67. The summed E-state index contributed by atoms with van der Waals surface area (Å²) in [7, 11) is 0. The molecule has 0 spiro atoms. The zero-order valence-electron chi connectivity index (χ0n) is 12.0. The van der Waals surface area contributed by atoms with Gasteiger partial charge >= 0.3 is 0 Å². The normalized spacial score (nSPS) is 16.1. The number of rotatable bonds is 4. The van der Waals surface area contributed by atoms with Crippen molar-refractivity contribution < 1.29 is 4.79 Å². The third-order valence-electron chi connectivity index (χ3n) is 3.92. The van der Waals surface area contributed by atoms with Crippen molar-refractivity contribution in [3.8, 4) is 0 Å². The lowest BCUT2D eigenvalue weighted by Gasteiger charge is -2.26. The summed E-state index contributed by atoms with van der Waals surface area (Å²) in [4.78, 5) is 22.2. The average molecular weight is 281 g/mol. The lowest BCUT2D eigenvalue weighted by Crippen LogP contribution is -2.33. The van der Waals surface area contributed by atoms with Gasteiger partial charge in [0.1, 0.15) is 5.78 Å². The number of aromatic nitrogens is 2. The number of carbonyl (C=O) groups is 1. The minimum absolute atomic E-state index is 0.379. The molecule has 108 valence electrons. The van der Waals surface area contributed by atoms with Crippen LogP contribution in [0.25, 0.3) is 0 Å². The standard InChI is InChI=1S/C17H19N3O/c21-16-5-10-20(11-6-16)13-17-15(2-1-7-19-17)12-14-3-8-18-9-4-14/h1-4,7-9H,5-6,10-13H2. The van der Waals surface area contributed by atoms with Crippen LogP contribution in [0.1, 0.15) is 29.7 Å². The van der Waals surface area contributed by atoms with Gasteiger partial charge in [-0.3, -0.25) is 19.7 Å². The number of carbonyl (C=O) groups excluding carboxylic acids is 1. The van der Waals surface area contributed by atoms with Gasteiger partial charge in [-0.15, -0.1) is 0 Å². The average Bonchev–Trinajstić information content (AvgIpc) is 2.52. The zero-order valence-corrected chi connectivity index (χ0v) is 12.0. The van der Waals surface area contributed by atoms with Gasteiger partial charge in [-0.25, -0.2) is 0 Å². The van der Waals surface area contributed by atoms with Gasteiger partial charge in [0.25, 0.3) is 0 Å². The molecule has 0 radical (unpaired) electrons. The predicted octanol–water partition coefficient (Wildman–Crippen LogP) is 2.23. The van der Waals surface area contributed by atoms with Crippen molar-refractivity contribution in [1.29, 1.82) is 0 Å². The van der Waals surface area contributed by atoms with Gasteiger partial charge in [0, 0.05) is 51.1 Å². The Kier molecular flexibility index (Phi) is 4.36. The first-order chi connectivity index (χ1) is 10.3. The van der Waals surface area contributed by atoms with E-state index in [0.29, 0.717) is 18.6 Å². The van der Waals surface area contributed by atoms with Crippen LogP contribution in [0.5, 0.6) is 0 Å². The van der Waals surface area contributed by atoms with Gasteiger partial charge in [-0.2, -0.15) is 0 Å². The molecule has 0 amide bonds. The van der Waals surface area contributed by atoms with E-state index < -0.39 is 0 Å². The monoisotopic (exact) mass is 281 g/mol.